The first kappa shape index (κ1) is 18.8. The number of hydrogen-bond donors (Lipinski definition) is 0. The van der Waals surface area contributed by atoms with Crippen LogP contribution < -0.4 is 0 Å². The van der Waals surface area contributed by atoms with E-state index in [-0.39, 0.29) is 22.3 Å². The van der Waals surface area contributed by atoms with Gasteiger partial charge in [-0.1, -0.05) is 23.7 Å². The lowest BCUT2D eigenvalue weighted by Crippen LogP contribution is -2.19. The number of rotatable bonds is 4. The van der Waals surface area contributed by atoms with E-state index in [0.717, 1.165) is 4.57 Å². The number of nitrogens with zero attached hydrogens (tertiary/aromatic N) is 2. The van der Waals surface area contributed by atoms with Gasteiger partial charge in [0, 0.05) is 11.6 Å². The zero-order valence-electron chi connectivity index (χ0n) is 12.8. The van der Waals surface area contributed by atoms with E-state index in [1.54, 1.807) is 31.2 Å². The molecule has 3 nitrogen and oxygen atoms in total. The van der Waals surface area contributed by atoms with E-state index in [1.165, 1.54) is 6.92 Å². The zero-order valence-corrected chi connectivity index (χ0v) is 15.1. The maximum atomic E-state index is 13.6. The Morgan fingerprint density at radius 1 is 1.33 bits per heavy atom. The summed E-state index contributed by atoms with van der Waals surface area (Å²) in [6, 6.07) is 8.10. The minimum absolute atomic E-state index is 0.101. The molecule has 1 aromatic heterocycles. The number of nitriles is 1. The largest absolute Gasteiger partial charge is 0.432 e. The van der Waals surface area contributed by atoms with Crippen molar-refractivity contribution in [2.45, 2.75) is 26.3 Å². The molecule has 2 rings (SSSR count). The van der Waals surface area contributed by atoms with Gasteiger partial charge in [-0.15, -0.1) is 0 Å². The number of alkyl halides is 3. The summed E-state index contributed by atoms with van der Waals surface area (Å²) in [7, 11) is 0. The first-order valence-corrected chi connectivity index (χ1v) is 8.18. The highest BCUT2D eigenvalue weighted by Gasteiger charge is 2.42. The van der Waals surface area contributed by atoms with Crippen molar-refractivity contribution in [2.75, 3.05) is 6.61 Å². The molecule has 0 amide bonds. The van der Waals surface area contributed by atoms with Crippen molar-refractivity contribution in [3.05, 3.63) is 45.0 Å². The number of hydrogen-bond acceptors (Lipinski definition) is 2. The van der Waals surface area contributed by atoms with Gasteiger partial charge in [-0.05, 0) is 47.5 Å². The molecular weight excluding hydrogens is 409 g/mol. The van der Waals surface area contributed by atoms with Crippen molar-refractivity contribution in [3.63, 3.8) is 0 Å². The summed E-state index contributed by atoms with van der Waals surface area (Å²) in [6.07, 6.45) is -5.56. The lowest BCUT2D eigenvalue weighted by molar-refractivity contribution is -0.148. The molecule has 0 aliphatic rings. The van der Waals surface area contributed by atoms with Gasteiger partial charge < -0.3 is 9.30 Å². The van der Waals surface area contributed by atoms with Gasteiger partial charge >= 0.3 is 6.18 Å². The van der Waals surface area contributed by atoms with Crippen molar-refractivity contribution < 1.29 is 17.9 Å². The smallest absolute Gasteiger partial charge is 0.359 e. The van der Waals surface area contributed by atoms with E-state index in [1.807, 2.05) is 6.07 Å². The molecule has 0 radical (unpaired) electrons. The lowest BCUT2D eigenvalue weighted by Gasteiger charge is -2.22. The first-order chi connectivity index (χ1) is 11.2. The Morgan fingerprint density at radius 3 is 2.38 bits per heavy atom. The van der Waals surface area contributed by atoms with Gasteiger partial charge in [0.2, 0.25) is 0 Å². The molecule has 1 unspecified atom stereocenters. The van der Waals surface area contributed by atoms with E-state index >= 15 is 0 Å². The van der Waals surface area contributed by atoms with Crippen LogP contribution in [0.25, 0.3) is 11.3 Å². The number of benzene rings is 1. The van der Waals surface area contributed by atoms with Crippen molar-refractivity contribution in [2.24, 2.45) is 0 Å². The molecule has 0 saturated heterocycles. The van der Waals surface area contributed by atoms with Crippen LogP contribution in [0.1, 0.15) is 31.3 Å². The third-order valence-corrected chi connectivity index (χ3v) is 4.44. The third-order valence-electron chi connectivity index (χ3n) is 3.42. The Labute approximate surface area is 150 Å². The van der Waals surface area contributed by atoms with Gasteiger partial charge in [0.1, 0.15) is 18.0 Å². The van der Waals surface area contributed by atoms with Crippen molar-refractivity contribution >= 4 is 27.5 Å². The summed E-state index contributed by atoms with van der Waals surface area (Å²) in [5.41, 5.74) is -0.478. The van der Waals surface area contributed by atoms with Crippen molar-refractivity contribution in [1.29, 1.82) is 5.26 Å². The fraction of sp³-hybridized carbons (Fsp3) is 0.312. The first-order valence-electron chi connectivity index (χ1n) is 7.00. The highest BCUT2D eigenvalue weighted by Crippen LogP contribution is 2.45. The van der Waals surface area contributed by atoms with Crippen molar-refractivity contribution in [3.8, 4) is 17.3 Å². The molecule has 1 atom stereocenters. The predicted molar refractivity (Wildman–Crippen MR) is 88.6 cm³/mol. The minimum Gasteiger partial charge on any atom is -0.359 e. The van der Waals surface area contributed by atoms with Gasteiger partial charge in [-0.2, -0.15) is 18.4 Å². The summed E-state index contributed by atoms with van der Waals surface area (Å²) in [5, 5.41) is 9.85. The van der Waals surface area contributed by atoms with Gasteiger partial charge in [0.15, 0.2) is 0 Å². The van der Waals surface area contributed by atoms with E-state index in [9.17, 15) is 18.4 Å². The van der Waals surface area contributed by atoms with Crippen LogP contribution in [0.3, 0.4) is 0 Å². The fourth-order valence-electron chi connectivity index (χ4n) is 2.49. The molecule has 0 bridgehead atoms. The monoisotopic (exact) mass is 420 g/mol. The standard InChI is InChI=1S/C16H13BrClF3N2O/c1-3-24-9(2)23-14(10-4-6-11(18)7-5-10)12(8-22)13(17)15(23)16(19,20)21/h4-7,9H,3H2,1-2H3. The molecule has 1 heterocycles. The predicted octanol–water partition coefficient (Wildman–Crippen LogP) is 6.02. The van der Waals surface area contributed by atoms with Crippen molar-refractivity contribution in [1.82, 2.24) is 4.57 Å². The maximum absolute atomic E-state index is 13.6. The van der Waals surface area contributed by atoms with Crippen LogP contribution in [0.15, 0.2) is 28.7 Å². The Hall–Kier alpha value is -1.49. The normalized spacial score (nSPS) is 12.9. The molecule has 0 saturated carbocycles. The van der Waals surface area contributed by atoms with E-state index in [2.05, 4.69) is 15.9 Å². The summed E-state index contributed by atoms with van der Waals surface area (Å²) >= 11 is 8.78. The average Bonchev–Trinajstić information content (AvgIpc) is 2.81. The van der Waals surface area contributed by atoms with Gasteiger partial charge in [0.25, 0.3) is 0 Å². The summed E-state index contributed by atoms with van der Waals surface area (Å²) in [5.74, 6) is 0. The molecular formula is C16H13BrClF3N2O. The molecule has 0 aliphatic heterocycles. The molecule has 0 spiro atoms. The maximum Gasteiger partial charge on any atom is 0.432 e. The van der Waals surface area contributed by atoms with Crippen LogP contribution in [0.4, 0.5) is 13.2 Å². The molecule has 0 fully saturated rings. The number of halogens is 5. The highest BCUT2D eigenvalue weighted by molar-refractivity contribution is 9.10. The fourth-order valence-corrected chi connectivity index (χ4v) is 3.31. The van der Waals surface area contributed by atoms with Gasteiger partial charge in [-0.25, -0.2) is 0 Å². The second-order valence-electron chi connectivity index (χ2n) is 4.93. The Morgan fingerprint density at radius 2 is 1.92 bits per heavy atom. The van der Waals surface area contributed by atoms with E-state index in [4.69, 9.17) is 16.3 Å². The topological polar surface area (TPSA) is 38.0 Å². The molecule has 1 aromatic carbocycles. The minimum atomic E-state index is -4.65. The summed E-state index contributed by atoms with van der Waals surface area (Å²) < 4.78 is 46.8. The summed E-state index contributed by atoms with van der Waals surface area (Å²) in [6.45, 7) is 3.43. The molecule has 2 aromatic rings. The second kappa shape index (κ2) is 7.18. The summed E-state index contributed by atoms with van der Waals surface area (Å²) in [4.78, 5) is 0. The third kappa shape index (κ3) is 3.46. The molecule has 8 heteroatoms. The van der Waals surface area contributed by atoms with Crippen LogP contribution in [0.2, 0.25) is 5.02 Å². The SMILES string of the molecule is CCOC(C)n1c(-c2ccc(Cl)cc2)c(C#N)c(Br)c1C(F)(F)F. The van der Waals surface area contributed by atoms with E-state index < -0.39 is 18.1 Å². The number of ether oxygens (including phenoxy) is 1. The second-order valence-corrected chi connectivity index (χ2v) is 6.16. The quantitative estimate of drug-likeness (QED) is 0.606. The van der Waals surface area contributed by atoms with Gasteiger partial charge in [0.05, 0.1) is 15.7 Å². The van der Waals surface area contributed by atoms with Crippen LogP contribution in [-0.4, -0.2) is 11.2 Å². The molecule has 24 heavy (non-hydrogen) atoms. The lowest BCUT2D eigenvalue weighted by atomic mass is 10.1. The molecule has 0 N–H and O–H groups in total. The van der Waals surface area contributed by atoms with Crippen LogP contribution in [-0.2, 0) is 10.9 Å². The van der Waals surface area contributed by atoms with E-state index in [0.29, 0.717) is 10.6 Å². The van der Waals surface area contributed by atoms with Crippen LogP contribution >= 0.6 is 27.5 Å². The average molecular weight is 422 g/mol. The zero-order chi connectivity index (χ0) is 18.1. The molecule has 0 aliphatic carbocycles. The molecule has 128 valence electrons. The highest BCUT2D eigenvalue weighted by atomic mass is 79.9. The Bertz CT molecular complexity index is 779. The number of aromatic nitrogens is 1. The van der Waals surface area contributed by atoms with Crippen LogP contribution in [0, 0.1) is 11.3 Å². The Balaban J connectivity index is 2.86. The van der Waals surface area contributed by atoms with Crippen LogP contribution in [0.5, 0.6) is 0 Å². The Kier molecular flexibility index (Phi) is 5.63. The van der Waals surface area contributed by atoms with Gasteiger partial charge in [-0.3, -0.25) is 0 Å².